The maximum atomic E-state index is 2.69. The Hall–Kier alpha value is -2.26. The topological polar surface area (TPSA) is 0 Å². The van der Waals surface area contributed by atoms with Gasteiger partial charge in [-0.05, 0) is 149 Å². The van der Waals surface area contributed by atoms with Gasteiger partial charge in [-0.25, -0.2) is 0 Å². The molecule has 5 rings (SSSR count). The van der Waals surface area contributed by atoms with E-state index in [0.717, 1.165) is 0 Å². The number of rotatable bonds is 6. The number of hydrogen-bond donors (Lipinski definition) is 0. The van der Waals surface area contributed by atoms with Crippen LogP contribution in [0, 0.1) is 0 Å². The van der Waals surface area contributed by atoms with Crippen molar-refractivity contribution >= 4 is 37.1 Å². The molecule has 4 aromatic carbocycles. The molecule has 0 bridgehead atoms. The van der Waals surface area contributed by atoms with Gasteiger partial charge in [-0.15, -0.1) is 0 Å². The molecule has 64 heavy (non-hydrogen) atoms. The van der Waals surface area contributed by atoms with Gasteiger partial charge in [0.25, 0.3) is 0 Å². The predicted molar refractivity (Wildman–Crippen MR) is 294 cm³/mol. The number of benzene rings is 4. The maximum Gasteiger partial charge on any atom is -0.00551 e. The van der Waals surface area contributed by atoms with Gasteiger partial charge in [-0.3, -0.25) is 0 Å². The minimum absolute atomic E-state index is 0.0347. The van der Waals surface area contributed by atoms with Gasteiger partial charge in [0.2, 0.25) is 0 Å². The van der Waals surface area contributed by atoms with Crippen molar-refractivity contribution in [3.05, 3.63) is 117 Å². The third-order valence-electron chi connectivity index (χ3n) is 14.1. The molecule has 2 heteroatoms. The van der Waals surface area contributed by atoms with Gasteiger partial charge in [-0.1, -0.05) is 252 Å². The van der Waals surface area contributed by atoms with E-state index in [0.29, 0.717) is 11.3 Å². The molecule has 352 valence electrons. The van der Waals surface area contributed by atoms with Crippen molar-refractivity contribution in [1.82, 2.24) is 0 Å². The molecular formula is C62H94P2. The van der Waals surface area contributed by atoms with Crippen molar-refractivity contribution in [2.24, 2.45) is 0 Å². The third kappa shape index (κ3) is 12.4. The summed E-state index contributed by atoms with van der Waals surface area (Å²) >= 11 is 0. The lowest BCUT2D eigenvalue weighted by molar-refractivity contribution is 0.521. The van der Waals surface area contributed by atoms with E-state index in [-0.39, 0.29) is 43.3 Å². The quantitative estimate of drug-likeness (QED) is 0.169. The van der Waals surface area contributed by atoms with Crippen molar-refractivity contribution in [3.63, 3.8) is 0 Å². The van der Waals surface area contributed by atoms with E-state index in [4.69, 9.17) is 0 Å². The summed E-state index contributed by atoms with van der Waals surface area (Å²) in [5.74, 6) is 0. The monoisotopic (exact) mass is 901 g/mol. The average molecular weight is 901 g/mol. The molecular weight excluding hydrogens is 807 g/mol. The third-order valence-corrected chi connectivity index (χ3v) is 20.1. The molecule has 2 unspecified atom stereocenters. The Kier molecular flexibility index (Phi) is 14.8. The zero-order chi connectivity index (χ0) is 48.6. The van der Waals surface area contributed by atoms with E-state index in [1.165, 1.54) is 70.2 Å². The van der Waals surface area contributed by atoms with Crippen LogP contribution in [0.5, 0.6) is 0 Å². The highest BCUT2D eigenvalue weighted by molar-refractivity contribution is 7.77. The Labute approximate surface area is 398 Å². The molecule has 0 N–H and O–H groups in total. The first-order valence-corrected chi connectivity index (χ1v) is 27.8. The highest BCUT2D eigenvalue weighted by Gasteiger charge is 2.42. The molecule has 0 saturated heterocycles. The Morgan fingerprint density at radius 1 is 0.250 bits per heavy atom. The van der Waals surface area contributed by atoms with Crippen LogP contribution in [0.25, 0.3) is 0 Å². The summed E-state index contributed by atoms with van der Waals surface area (Å²) in [5.41, 5.74) is 13.1. The minimum atomic E-state index is -0.780. The van der Waals surface area contributed by atoms with Gasteiger partial charge in [-0.2, -0.15) is 0 Å². The normalized spacial score (nSPS) is 17.7. The first-order chi connectivity index (χ1) is 28.8. The van der Waals surface area contributed by atoms with Crippen LogP contribution in [0.3, 0.4) is 0 Å². The van der Waals surface area contributed by atoms with Gasteiger partial charge in [0.1, 0.15) is 0 Å². The minimum Gasteiger partial charge on any atom is -0.0561 e. The van der Waals surface area contributed by atoms with Crippen molar-refractivity contribution in [2.45, 2.75) is 246 Å². The second-order valence-corrected chi connectivity index (χ2v) is 33.1. The first-order valence-electron chi connectivity index (χ1n) is 25.0. The fourth-order valence-electron chi connectivity index (χ4n) is 9.22. The molecule has 0 aliphatic heterocycles. The number of hydrogen-bond acceptors (Lipinski definition) is 0. The lowest BCUT2D eigenvalue weighted by Crippen LogP contribution is -2.39. The molecule has 1 aliphatic rings. The lowest BCUT2D eigenvalue weighted by atomic mass is 9.81. The SMILES string of the molecule is CC(C)(C)c1cc(P(c2cc(C(C)(C)C)cc(C(C)(C)C)c2)C2CCCCC2P(c2cc(C(C)(C)C)cc(C(C)(C)C)c2)c2cc(C(C)(C)C)cc(C(C)(C)C)c2)cc(C(C)(C)C)c1. The maximum absolute atomic E-state index is 2.69. The van der Waals surface area contributed by atoms with E-state index in [2.05, 4.69) is 239 Å². The van der Waals surface area contributed by atoms with E-state index in [1.54, 1.807) is 21.2 Å². The molecule has 0 heterocycles. The van der Waals surface area contributed by atoms with Crippen LogP contribution in [0.4, 0.5) is 0 Å². The van der Waals surface area contributed by atoms with E-state index in [9.17, 15) is 0 Å². The van der Waals surface area contributed by atoms with E-state index < -0.39 is 15.8 Å². The Morgan fingerprint density at radius 2 is 0.391 bits per heavy atom. The largest absolute Gasteiger partial charge is 0.0561 e. The van der Waals surface area contributed by atoms with Crippen molar-refractivity contribution in [3.8, 4) is 0 Å². The Balaban J connectivity index is 2.00. The molecule has 2 atom stereocenters. The van der Waals surface area contributed by atoms with Crippen molar-refractivity contribution in [1.29, 1.82) is 0 Å². The molecule has 4 aromatic rings. The zero-order valence-corrected chi connectivity index (χ0v) is 47.6. The standard InChI is InChI=1S/C62H94P2/c1-55(2,3)41-29-42(56(4,5)6)34-49(33-41)63(50-35-43(57(7,8)9)30-44(36-50)58(10,11)12)53-27-25-26-28-54(53)64(51-37-45(59(13,14)15)31-46(38-51)60(16,17)18)52-39-47(61(19,20)21)32-48(40-52)62(22,23)24/h29-40,53-54H,25-28H2,1-24H3. The highest BCUT2D eigenvalue weighted by atomic mass is 31.1. The van der Waals surface area contributed by atoms with Gasteiger partial charge < -0.3 is 0 Å². The summed E-state index contributed by atoms with van der Waals surface area (Å²) in [6, 6.07) is 31.7. The second kappa shape index (κ2) is 18.0. The molecule has 0 amide bonds. The molecule has 1 saturated carbocycles. The molecule has 0 radical (unpaired) electrons. The van der Waals surface area contributed by atoms with Gasteiger partial charge in [0.05, 0.1) is 0 Å². The van der Waals surface area contributed by atoms with Gasteiger partial charge in [0.15, 0.2) is 0 Å². The van der Waals surface area contributed by atoms with E-state index >= 15 is 0 Å². The second-order valence-electron chi connectivity index (χ2n) is 28.2. The van der Waals surface area contributed by atoms with Crippen LogP contribution in [-0.4, -0.2) is 11.3 Å². The fraction of sp³-hybridized carbons (Fsp3) is 0.613. The highest BCUT2D eigenvalue weighted by Crippen LogP contribution is 2.58. The fourth-order valence-corrected chi connectivity index (χ4v) is 16.2. The smallest absolute Gasteiger partial charge is 0.00551 e. The predicted octanol–water partition coefficient (Wildman–Crippen LogP) is 16.9. The molecule has 0 spiro atoms. The summed E-state index contributed by atoms with van der Waals surface area (Å²) < 4.78 is 0. The van der Waals surface area contributed by atoms with Crippen LogP contribution in [0.2, 0.25) is 0 Å². The summed E-state index contributed by atoms with van der Waals surface area (Å²) in [6.07, 6.45) is 5.12. The summed E-state index contributed by atoms with van der Waals surface area (Å²) in [7, 11) is -1.56. The van der Waals surface area contributed by atoms with Gasteiger partial charge >= 0.3 is 0 Å². The molecule has 0 nitrogen and oxygen atoms in total. The van der Waals surface area contributed by atoms with E-state index in [1.807, 2.05) is 0 Å². The van der Waals surface area contributed by atoms with Crippen LogP contribution in [0.15, 0.2) is 72.8 Å². The summed E-state index contributed by atoms with van der Waals surface area (Å²) in [6.45, 7) is 58.1. The van der Waals surface area contributed by atoms with Crippen molar-refractivity contribution in [2.75, 3.05) is 0 Å². The summed E-state index contributed by atoms with van der Waals surface area (Å²) in [4.78, 5) is 0. The Morgan fingerprint density at radius 3 is 0.516 bits per heavy atom. The average Bonchev–Trinajstić information content (AvgIpc) is 3.12. The molecule has 1 fully saturated rings. The van der Waals surface area contributed by atoms with Crippen LogP contribution in [-0.2, 0) is 43.3 Å². The Bertz CT molecular complexity index is 1820. The first kappa shape index (κ1) is 52.7. The lowest BCUT2D eigenvalue weighted by Gasteiger charge is -2.44. The van der Waals surface area contributed by atoms with Crippen LogP contribution in [0.1, 0.15) is 236 Å². The van der Waals surface area contributed by atoms with Crippen LogP contribution >= 0.6 is 15.8 Å². The zero-order valence-electron chi connectivity index (χ0n) is 45.8. The van der Waals surface area contributed by atoms with Crippen LogP contribution < -0.4 is 21.2 Å². The van der Waals surface area contributed by atoms with Gasteiger partial charge in [0, 0.05) is 0 Å². The molecule has 1 aliphatic carbocycles. The molecule has 0 aromatic heterocycles. The van der Waals surface area contributed by atoms with Crippen molar-refractivity contribution < 1.29 is 0 Å². The summed E-state index contributed by atoms with van der Waals surface area (Å²) in [5, 5.41) is 6.34.